The van der Waals surface area contributed by atoms with Gasteiger partial charge in [0, 0.05) is 22.9 Å². The fraction of sp³-hybridized carbons (Fsp3) is 0.364. The molecule has 16 heavy (non-hydrogen) atoms. The molecule has 0 aromatic heterocycles. The zero-order valence-corrected chi connectivity index (χ0v) is 10.7. The first-order valence-corrected chi connectivity index (χ1v) is 7.45. The standard InChI is InChI=1S/C11H14N2OS2/c1-15-10-4-2-3-9(7-10)12-11(14)13-5-6-16-8-13/h2-4,7H,5-6,8H2,1H3,(H,12,14). The van der Waals surface area contributed by atoms with Gasteiger partial charge in [-0.25, -0.2) is 4.79 Å². The van der Waals surface area contributed by atoms with Crippen molar-refractivity contribution >= 4 is 35.2 Å². The first kappa shape index (κ1) is 11.7. The Balaban J connectivity index is 1.99. The average molecular weight is 254 g/mol. The first-order chi connectivity index (χ1) is 7.79. The number of carbonyl (C=O) groups excluding carboxylic acids is 1. The SMILES string of the molecule is CSc1cccc(NC(=O)N2CCSC2)c1. The van der Waals surface area contributed by atoms with E-state index in [0.29, 0.717) is 0 Å². The van der Waals surface area contributed by atoms with Gasteiger partial charge in [0.05, 0.1) is 5.88 Å². The molecule has 0 atom stereocenters. The Kier molecular flexibility index (Phi) is 4.01. The van der Waals surface area contributed by atoms with Crippen molar-refractivity contribution in [1.82, 2.24) is 4.90 Å². The number of nitrogens with zero attached hydrogens (tertiary/aromatic N) is 1. The van der Waals surface area contributed by atoms with Crippen LogP contribution in [0.4, 0.5) is 10.5 Å². The minimum atomic E-state index is 0.00301. The molecule has 86 valence electrons. The summed E-state index contributed by atoms with van der Waals surface area (Å²) in [5, 5.41) is 2.92. The highest BCUT2D eigenvalue weighted by molar-refractivity contribution is 7.99. The van der Waals surface area contributed by atoms with Gasteiger partial charge < -0.3 is 10.2 Å². The zero-order chi connectivity index (χ0) is 11.4. The van der Waals surface area contributed by atoms with Gasteiger partial charge >= 0.3 is 6.03 Å². The minimum absolute atomic E-state index is 0.00301. The summed E-state index contributed by atoms with van der Waals surface area (Å²) < 4.78 is 0. The number of benzene rings is 1. The number of hydrogen-bond acceptors (Lipinski definition) is 3. The molecule has 1 aromatic carbocycles. The average Bonchev–Trinajstić information content (AvgIpc) is 2.83. The predicted molar refractivity (Wildman–Crippen MR) is 71.3 cm³/mol. The summed E-state index contributed by atoms with van der Waals surface area (Å²) in [6.07, 6.45) is 2.03. The van der Waals surface area contributed by atoms with Crippen LogP contribution in [0.5, 0.6) is 0 Å². The molecule has 1 heterocycles. The van der Waals surface area contributed by atoms with E-state index >= 15 is 0 Å². The third-order valence-corrected chi connectivity index (χ3v) is 4.05. The maximum atomic E-state index is 11.8. The van der Waals surface area contributed by atoms with Gasteiger partial charge in [-0.1, -0.05) is 6.07 Å². The maximum absolute atomic E-state index is 11.8. The summed E-state index contributed by atoms with van der Waals surface area (Å²) in [5.74, 6) is 1.84. The second-order valence-corrected chi connectivity index (χ2v) is 5.42. The number of urea groups is 1. The molecule has 0 bridgehead atoms. The molecule has 0 unspecified atom stereocenters. The van der Waals surface area contributed by atoms with Crippen molar-refractivity contribution in [2.24, 2.45) is 0 Å². The van der Waals surface area contributed by atoms with E-state index in [9.17, 15) is 4.79 Å². The van der Waals surface area contributed by atoms with Gasteiger partial charge in [0.25, 0.3) is 0 Å². The van der Waals surface area contributed by atoms with Gasteiger partial charge in [-0.05, 0) is 24.5 Å². The van der Waals surface area contributed by atoms with Crippen LogP contribution in [0.2, 0.25) is 0 Å². The molecule has 1 aromatic rings. The molecule has 1 aliphatic heterocycles. The molecule has 1 N–H and O–H groups in total. The number of anilines is 1. The van der Waals surface area contributed by atoms with Crippen molar-refractivity contribution in [3.8, 4) is 0 Å². The number of nitrogens with one attached hydrogen (secondary N) is 1. The van der Waals surface area contributed by atoms with Crippen molar-refractivity contribution in [2.45, 2.75) is 4.90 Å². The van der Waals surface area contributed by atoms with Gasteiger partial charge in [-0.3, -0.25) is 0 Å². The molecule has 0 aliphatic carbocycles. The molecule has 1 fully saturated rings. The van der Waals surface area contributed by atoms with Crippen molar-refractivity contribution in [2.75, 3.05) is 29.7 Å². The van der Waals surface area contributed by atoms with Gasteiger partial charge in [0.1, 0.15) is 0 Å². The van der Waals surface area contributed by atoms with Crippen LogP contribution in [0, 0.1) is 0 Å². The van der Waals surface area contributed by atoms with Crippen molar-refractivity contribution in [3.05, 3.63) is 24.3 Å². The molecule has 2 amide bonds. The lowest BCUT2D eigenvalue weighted by atomic mass is 10.3. The lowest BCUT2D eigenvalue weighted by molar-refractivity contribution is 0.225. The van der Waals surface area contributed by atoms with Crippen molar-refractivity contribution in [3.63, 3.8) is 0 Å². The monoisotopic (exact) mass is 254 g/mol. The topological polar surface area (TPSA) is 32.3 Å². The Morgan fingerprint density at radius 3 is 3.12 bits per heavy atom. The fourth-order valence-corrected chi connectivity index (χ4v) is 2.88. The molecule has 1 aliphatic rings. The fourth-order valence-electron chi connectivity index (χ4n) is 1.48. The van der Waals surface area contributed by atoms with E-state index in [1.165, 1.54) is 0 Å². The zero-order valence-electron chi connectivity index (χ0n) is 9.10. The van der Waals surface area contributed by atoms with E-state index in [-0.39, 0.29) is 6.03 Å². The summed E-state index contributed by atoms with van der Waals surface area (Å²) in [5.41, 5.74) is 0.869. The van der Waals surface area contributed by atoms with Gasteiger partial charge in [-0.15, -0.1) is 23.5 Å². The summed E-state index contributed by atoms with van der Waals surface area (Å²) in [4.78, 5) is 14.8. The lowest BCUT2D eigenvalue weighted by Crippen LogP contribution is -2.32. The van der Waals surface area contributed by atoms with Crippen LogP contribution in [-0.2, 0) is 0 Å². The Hall–Kier alpha value is -0.810. The number of carbonyl (C=O) groups is 1. The largest absolute Gasteiger partial charge is 0.322 e. The molecule has 3 nitrogen and oxygen atoms in total. The number of hydrogen-bond donors (Lipinski definition) is 1. The van der Waals surface area contributed by atoms with E-state index in [2.05, 4.69) is 5.32 Å². The highest BCUT2D eigenvalue weighted by Crippen LogP contribution is 2.20. The van der Waals surface area contributed by atoms with E-state index in [0.717, 1.165) is 28.8 Å². The molecular formula is C11H14N2OS2. The molecule has 1 saturated heterocycles. The summed E-state index contributed by atoms with van der Waals surface area (Å²) in [6.45, 7) is 0.846. The molecule has 0 spiro atoms. The second kappa shape index (κ2) is 5.50. The van der Waals surface area contributed by atoms with E-state index in [1.807, 2.05) is 35.4 Å². The third-order valence-electron chi connectivity index (χ3n) is 2.36. The van der Waals surface area contributed by atoms with Crippen molar-refractivity contribution < 1.29 is 4.79 Å². The van der Waals surface area contributed by atoms with Crippen LogP contribution in [0.25, 0.3) is 0 Å². The van der Waals surface area contributed by atoms with Gasteiger partial charge in [0.2, 0.25) is 0 Å². The van der Waals surface area contributed by atoms with Crippen LogP contribution in [0.15, 0.2) is 29.2 Å². The Morgan fingerprint density at radius 2 is 2.44 bits per heavy atom. The van der Waals surface area contributed by atoms with Crippen LogP contribution >= 0.6 is 23.5 Å². The minimum Gasteiger partial charge on any atom is -0.314 e. The summed E-state index contributed by atoms with van der Waals surface area (Å²) >= 11 is 3.46. The molecular weight excluding hydrogens is 240 g/mol. The number of rotatable bonds is 2. The molecule has 0 saturated carbocycles. The molecule has 2 rings (SSSR count). The van der Waals surface area contributed by atoms with Gasteiger partial charge in [-0.2, -0.15) is 0 Å². The smallest absolute Gasteiger partial charge is 0.314 e. The normalized spacial score (nSPS) is 15.2. The van der Waals surface area contributed by atoms with E-state index < -0.39 is 0 Å². The van der Waals surface area contributed by atoms with E-state index in [1.54, 1.807) is 23.5 Å². The Labute approximate surface area is 104 Å². The molecule has 5 heteroatoms. The quantitative estimate of drug-likeness (QED) is 0.824. The maximum Gasteiger partial charge on any atom is 0.322 e. The second-order valence-electron chi connectivity index (χ2n) is 3.46. The van der Waals surface area contributed by atoms with Crippen LogP contribution in [0.1, 0.15) is 0 Å². The summed E-state index contributed by atoms with van der Waals surface area (Å²) in [7, 11) is 0. The van der Waals surface area contributed by atoms with E-state index in [4.69, 9.17) is 0 Å². The predicted octanol–water partition coefficient (Wildman–Crippen LogP) is 2.95. The van der Waals surface area contributed by atoms with Gasteiger partial charge in [0.15, 0.2) is 0 Å². The number of amides is 2. The lowest BCUT2D eigenvalue weighted by Gasteiger charge is -2.15. The first-order valence-electron chi connectivity index (χ1n) is 5.07. The Morgan fingerprint density at radius 1 is 1.56 bits per heavy atom. The van der Waals surface area contributed by atoms with Crippen LogP contribution in [0.3, 0.4) is 0 Å². The highest BCUT2D eigenvalue weighted by atomic mass is 32.2. The third kappa shape index (κ3) is 2.86. The molecule has 0 radical (unpaired) electrons. The Bertz CT molecular complexity index is 378. The highest BCUT2D eigenvalue weighted by Gasteiger charge is 2.17. The van der Waals surface area contributed by atoms with Crippen LogP contribution < -0.4 is 5.32 Å². The summed E-state index contributed by atoms with van der Waals surface area (Å²) in [6, 6.07) is 7.90. The van der Waals surface area contributed by atoms with Crippen LogP contribution in [-0.4, -0.2) is 35.4 Å². The van der Waals surface area contributed by atoms with Crippen molar-refractivity contribution in [1.29, 1.82) is 0 Å². The number of thioether (sulfide) groups is 2.